The molecule has 3 atom stereocenters. The molecule has 0 saturated carbocycles. The molecule has 42 heavy (non-hydrogen) atoms. The normalized spacial score (nSPS) is 20.8. The predicted octanol–water partition coefficient (Wildman–Crippen LogP) is 3.01. The predicted molar refractivity (Wildman–Crippen MR) is 149 cm³/mol. The molecule has 0 fully saturated rings. The van der Waals surface area contributed by atoms with Crippen molar-refractivity contribution < 1.29 is 33.4 Å². The van der Waals surface area contributed by atoms with Gasteiger partial charge in [-0.2, -0.15) is 0 Å². The number of aryl methyl sites for hydroxylation is 1. The van der Waals surface area contributed by atoms with Crippen LogP contribution in [0.5, 0.6) is 0 Å². The first-order chi connectivity index (χ1) is 20.0. The Morgan fingerprint density at radius 3 is 2.69 bits per heavy atom. The lowest BCUT2D eigenvalue weighted by atomic mass is 9.74. The minimum absolute atomic E-state index is 0.0556. The van der Waals surface area contributed by atoms with Crippen molar-refractivity contribution >= 4 is 28.7 Å². The Morgan fingerprint density at radius 1 is 1.26 bits per heavy atom. The summed E-state index contributed by atoms with van der Waals surface area (Å²) in [5.74, 6) is -2.27. The molecule has 220 valence electrons. The van der Waals surface area contributed by atoms with E-state index in [0.29, 0.717) is 41.7 Å². The Morgan fingerprint density at radius 2 is 2.02 bits per heavy atom. The zero-order valence-corrected chi connectivity index (χ0v) is 23.9. The van der Waals surface area contributed by atoms with E-state index in [2.05, 4.69) is 5.32 Å². The van der Waals surface area contributed by atoms with E-state index in [-0.39, 0.29) is 54.9 Å². The number of carbonyl (C=O) groups is 3. The topological polar surface area (TPSA) is 137 Å². The molecule has 3 aromatic rings. The van der Waals surface area contributed by atoms with Gasteiger partial charge in [0.1, 0.15) is 12.4 Å². The molecule has 2 aromatic heterocycles. The largest absolute Gasteiger partial charge is 0.457 e. The van der Waals surface area contributed by atoms with Crippen molar-refractivity contribution in [3.05, 3.63) is 61.7 Å². The van der Waals surface area contributed by atoms with E-state index in [9.17, 15) is 24.3 Å². The molecule has 0 spiro atoms. The van der Waals surface area contributed by atoms with Crippen LogP contribution < -0.4 is 10.9 Å². The van der Waals surface area contributed by atoms with Crippen LogP contribution in [0.4, 0.5) is 4.39 Å². The molecular formula is C31H32FN3O7. The third-order valence-electron chi connectivity index (χ3n) is 9.02. The van der Waals surface area contributed by atoms with Crippen molar-refractivity contribution in [2.24, 2.45) is 0 Å². The molecule has 10 nitrogen and oxygen atoms in total. The Labute approximate surface area is 240 Å². The van der Waals surface area contributed by atoms with Gasteiger partial charge in [-0.1, -0.05) is 6.92 Å². The maximum atomic E-state index is 15.2. The van der Waals surface area contributed by atoms with Crippen molar-refractivity contribution in [3.63, 3.8) is 0 Å². The average Bonchev–Trinajstić information content (AvgIpc) is 3.31. The van der Waals surface area contributed by atoms with Gasteiger partial charge in [0.15, 0.2) is 0 Å². The molecule has 2 aliphatic heterocycles. The molecule has 6 rings (SSSR count). The third kappa shape index (κ3) is 3.97. The Balaban J connectivity index is 1.65. The highest BCUT2D eigenvalue weighted by Gasteiger charge is 2.50. The fraction of sp³-hybridized carbons (Fsp3) is 0.452. The van der Waals surface area contributed by atoms with Crippen LogP contribution in [0.2, 0.25) is 0 Å². The van der Waals surface area contributed by atoms with E-state index in [0.717, 1.165) is 22.1 Å². The average molecular weight is 578 g/mol. The fourth-order valence-electron chi connectivity index (χ4n) is 7.17. The van der Waals surface area contributed by atoms with Crippen molar-refractivity contribution in [3.8, 4) is 11.4 Å². The Kier molecular flexibility index (Phi) is 6.68. The number of aliphatic hydroxyl groups is 1. The zero-order chi connectivity index (χ0) is 30.1. The molecule has 11 heteroatoms. The number of hydrogen-bond donors (Lipinski definition) is 2. The number of rotatable bonds is 6. The maximum Gasteiger partial charge on any atom is 0.355 e. The van der Waals surface area contributed by atoms with Gasteiger partial charge in [-0.15, -0.1) is 0 Å². The third-order valence-corrected chi connectivity index (χ3v) is 9.02. The monoisotopic (exact) mass is 577 g/mol. The van der Waals surface area contributed by atoms with Crippen LogP contribution in [0.1, 0.15) is 79.3 Å². The van der Waals surface area contributed by atoms with E-state index in [4.69, 9.17) is 14.5 Å². The lowest BCUT2D eigenvalue weighted by Gasteiger charge is -2.35. The number of benzene rings is 1. The van der Waals surface area contributed by atoms with Gasteiger partial charge in [0.05, 0.1) is 29.0 Å². The van der Waals surface area contributed by atoms with E-state index in [1.807, 2.05) is 0 Å². The lowest BCUT2D eigenvalue weighted by molar-refractivity contribution is -0.188. The second-order valence-electron chi connectivity index (χ2n) is 11.3. The molecule has 0 radical (unpaired) electrons. The van der Waals surface area contributed by atoms with Gasteiger partial charge in [-0.05, 0) is 55.4 Å². The van der Waals surface area contributed by atoms with Crippen molar-refractivity contribution in [2.45, 2.75) is 84.1 Å². The number of ether oxygens (including phenoxy) is 2. The smallest absolute Gasteiger partial charge is 0.355 e. The second kappa shape index (κ2) is 10.0. The molecule has 2 N–H and O–H groups in total. The highest BCUT2D eigenvalue weighted by atomic mass is 19.1. The lowest BCUT2D eigenvalue weighted by Crippen LogP contribution is -2.47. The van der Waals surface area contributed by atoms with Crippen LogP contribution in [-0.2, 0) is 49.0 Å². The number of carbonyl (C=O) groups excluding carboxylic acids is 3. The Bertz CT molecular complexity index is 1760. The van der Waals surface area contributed by atoms with Crippen LogP contribution in [0.3, 0.4) is 0 Å². The number of halogens is 1. The Hall–Kier alpha value is -4.12. The summed E-state index contributed by atoms with van der Waals surface area (Å²) in [5, 5.41) is 13.7. The van der Waals surface area contributed by atoms with Crippen LogP contribution in [-0.4, -0.2) is 45.2 Å². The standard InChI is InChI=1S/C31H32FN3O7/c1-5-31(42-16(4)38)21-10-25-28-19(12-35(25)29(39)20(21)13-41-30(31)40)26-18(23(8-9-36)33-15(3)37)7-6-17-14(2)22(32)11-24(34-28)27(17)26/h10-11,18,23,36H,5-9,12-13H2,1-4H3,(H,33,37)/t18-,23-,31+/m1/s1. The van der Waals surface area contributed by atoms with Crippen LogP contribution in [0.15, 0.2) is 16.9 Å². The van der Waals surface area contributed by atoms with Gasteiger partial charge >= 0.3 is 11.9 Å². The zero-order valence-electron chi connectivity index (χ0n) is 23.9. The molecule has 0 saturated heterocycles. The number of fused-ring (bicyclic) bond motifs is 5. The van der Waals surface area contributed by atoms with E-state index in [1.165, 1.54) is 19.9 Å². The summed E-state index contributed by atoms with van der Waals surface area (Å²) in [4.78, 5) is 56.2. The van der Waals surface area contributed by atoms with Crippen LogP contribution in [0.25, 0.3) is 22.3 Å². The first kappa shape index (κ1) is 28.0. The van der Waals surface area contributed by atoms with E-state index >= 15 is 4.39 Å². The number of aromatic nitrogens is 2. The molecule has 0 unspecified atom stereocenters. The first-order valence-corrected chi connectivity index (χ1v) is 14.2. The summed E-state index contributed by atoms with van der Waals surface area (Å²) in [6.45, 7) is 5.82. The summed E-state index contributed by atoms with van der Waals surface area (Å²) in [6.07, 6.45) is 1.55. The van der Waals surface area contributed by atoms with Gasteiger partial charge in [-0.3, -0.25) is 14.4 Å². The van der Waals surface area contributed by atoms with Gasteiger partial charge in [0.2, 0.25) is 11.5 Å². The number of hydrogen-bond acceptors (Lipinski definition) is 8. The fourth-order valence-corrected chi connectivity index (χ4v) is 7.17. The van der Waals surface area contributed by atoms with Crippen LogP contribution in [0, 0.1) is 12.7 Å². The van der Waals surface area contributed by atoms with E-state index in [1.54, 1.807) is 24.5 Å². The molecule has 1 aliphatic carbocycles. The quantitative estimate of drug-likeness (QED) is 0.334. The molecule has 1 aromatic carbocycles. The number of pyridine rings is 2. The minimum Gasteiger partial charge on any atom is -0.457 e. The second-order valence-corrected chi connectivity index (χ2v) is 11.3. The number of aliphatic hydroxyl groups excluding tert-OH is 1. The number of nitrogens with one attached hydrogen (secondary N) is 1. The van der Waals surface area contributed by atoms with Crippen LogP contribution >= 0.6 is 0 Å². The number of nitrogens with zero attached hydrogens (tertiary/aromatic N) is 2. The van der Waals surface area contributed by atoms with Gasteiger partial charge in [-0.25, -0.2) is 14.2 Å². The number of cyclic esters (lactones) is 1. The molecule has 3 aliphatic rings. The van der Waals surface area contributed by atoms with Crippen molar-refractivity contribution in [2.75, 3.05) is 6.61 Å². The van der Waals surface area contributed by atoms with Gasteiger partial charge in [0.25, 0.3) is 5.56 Å². The molecular weight excluding hydrogens is 545 g/mol. The SMILES string of the molecule is CC[C@@]1(OC(C)=O)C(=O)OCc2c1cc1n(c2=O)Cc2c-1nc1cc(F)c(C)c3c1c2[C@@H]([C@@H](CCO)NC(C)=O)CC3. The minimum atomic E-state index is -1.78. The molecule has 1 amide bonds. The highest BCUT2D eigenvalue weighted by molar-refractivity contribution is 5.93. The van der Waals surface area contributed by atoms with Gasteiger partial charge < -0.3 is 24.5 Å². The molecule has 0 bridgehead atoms. The summed E-state index contributed by atoms with van der Waals surface area (Å²) >= 11 is 0. The first-order valence-electron chi connectivity index (χ1n) is 14.2. The summed E-state index contributed by atoms with van der Waals surface area (Å²) in [5.41, 5.74) is 2.67. The summed E-state index contributed by atoms with van der Waals surface area (Å²) < 4.78 is 27.6. The number of amides is 1. The summed E-state index contributed by atoms with van der Waals surface area (Å²) in [6, 6.07) is 2.67. The van der Waals surface area contributed by atoms with Crippen molar-refractivity contribution in [1.29, 1.82) is 0 Å². The molecule has 4 heterocycles. The van der Waals surface area contributed by atoms with E-state index < -0.39 is 29.1 Å². The maximum absolute atomic E-state index is 15.2. The number of esters is 2. The van der Waals surface area contributed by atoms with Crippen molar-refractivity contribution in [1.82, 2.24) is 14.9 Å². The summed E-state index contributed by atoms with van der Waals surface area (Å²) in [7, 11) is 0. The highest BCUT2D eigenvalue weighted by Crippen LogP contribution is 2.48. The van der Waals surface area contributed by atoms with Gasteiger partial charge in [0, 0.05) is 55.0 Å².